The van der Waals surface area contributed by atoms with Gasteiger partial charge in [-0.3, -0.25) is 4.79 Å². The summed E-state index contributed by atoms with van der Waals surface area (Å²) in [7, 11) is 0. The maximum atomic E-state index is 11.2. The van der Waals surface area contributed by atoms with Crippen LogP contribution in [0, 0.1) is 16.2 Å². The lowest BCUT2D eigenvalue weighted by molar-refractivity contribution is -0.119. The lowest BCUT2D eigenvalue weighted by Gasteiger charge is -2.46. The first-order valence-corrected chi connectivity index (χ1v) is 9.32. The van der Waals surface area contributed by atoms with Gasteiger partial charge in [-0.25, -0.2) is 0 Å². The molecule has 1 heterocycles. The van der Waals surface area contributed by atoms with E-state index in [1.54, 1.807) is 6.07 Å². The van der Waals surface area contributed by atoms with Crippen LogP contribution < -0.4 is 4.90 Å². The minimum Gasteiger partial charge on any atom is -0.371 e. The van der Waals surface area contributed by atoms with Gasteiger partial charge in [0.2, 0.25) is 0 Å². The van der Waals surface area contributed by atoms with E-state index >= 15 is 0 Å². The third-order valence-electron chi connectivity index (χ3n) is 5.77. The number of nitroso groups, excluding NO2 is 1. The molecule has 2 aliphatic rings. The molecule has 1 aromatic rings. The average molecular weight is 369 g/mol. The summed E-state index contributed by atoms with van der Waals surface area (Å²) in [5.74, 6) is -0.158. The number of benzene rings is 1. The summed E-state index contributed by atoms with van der Waals surface area (Å²) in [5, 5.41) is 3.87. The van der Waals surface area contributed by atoms with E-state index in [4.69, 9.17) is 23.2 Å². The molecule has 3 rings (SSSR count). The van der Waals surface area contributed by atoms with E-state index in [1.165, 1.54) is 0 Å². The number of anilines is 1. The van der Waals surface area contributed by atoms with Gasteiger partial charge in [0, 0.05) is 40.4 Å². The Hall–Kier alpha value is -1.13. The van der Waals surface area contributed by atoms with Gasteiger partial charge in [0.25, 0.3) is 5.91 Å². The SMILES string of the molecule is O=NC(=O)CC1CCC2(CC1)CCN(c1cc(Cl)cc(Cl)c1)CC2. The molecule has 1 aliphatic carbocycles. The predicted molar refractivity (Wildman–Crippen MR) is 97.7 cm³/mol. The van der Waals surface area contributed by atoms with Gasteiger partial charge < -0.3 is 4.90 Å². The minimum atomic E-state index is -0.497. The number of piperidine rings is 1. The maximum absolute atomic E-state index is 11.2. The van der Waals surface area contributed by atoms with E-state index in [-0.39, 0.29) is 0 Å². The van der Waals surface area contributed by atoms with Crippen molar-refractivity contribution >= 4 is 34.8 Å². The lowest BCUT2D eigenvalue weighted by atomic mass is 9.65. The number of nitrogens with zero attached hydrogens (tertiary/aromatic N) is 2. The number of carbonyl (C=O) groups is 1. The second-order valence-electron chi connectivity index (χ2n) is 7.25. The van der Waals surface area contributed by atoms with Crippen LogP contribution in [0.3, 0.4) is 0 Å². The summed E-state index contributed by atoms with van der Waals surface area (Å²) in [6, 6.07) is 5.70. The maximum Gasteiger partial charge on any atom is 0.286 e. The monoisotopic (exact) mass is 368 g/mol. The molecule has 0 aromatic heterocycles. The van der Waals surface area contributed by atoms with Crippen LogP contribution in [0.1, 0.15) is 44.9 Å². The van der Waals surface area contributed by atoms with Gasteiger partial charge >= 0.3 is 0 Å². The molecular weight excluding hydrogens is 347 g/mol. The zero-order chi connectivity index (χ0) is 17.2. The largest absolute Gasteiger partial charge is 0.371 e. The molecule has 1 spiro atoms. The molecule has 0 N–H and O–H groups in total. The van der Waals surface area contributed by atoms with Gasteiger partial charge in [0.15, 0.2) is 0 Å². The van der Waals surface area contributed by atoms with Crippen molar-refractivity contribution in [1.82, 2.24) is 0 Å². The molecule has 1 aliphatic heterocycles. The molecule has 1 saturated heterocycles. The Balaban J connectivity index is 1.55. The smallest absolute Gasteiger partial charge is 0.286 e. The van der Waals surface area contributed by atoms with Crippen molar-refractivity contribution < 1.29 is 4.79 Å². The summed E-state index contributed by atoms with van der Waals surface area (Å²) in [5.41, 5.74) is 1.49. The van der Waals surface area contributed by atoms with Crippen molar-refractivity contribution in [2.24, 2.45) is 16.5 Å². The average Bonchev–Trinajstić information content (AvgIpc) is 2.57. The van der Waals surface area contributed by atoms with E-state index in [1.807, 2.05) is 12.1 Å². The summed E-state index contributed by atoms with van der Waals surface area (Å²) >= 11 is 12.2. The van der Waals surface area contributed by atoms with Crippen molar-refractivity contribution in [3.63, 3.8) is 0 Å². The fourth-order valence-electron chi connectivity index (χ4n) is 4.24. The van der Waals surface area contributed by atoms with Crippen LogP contribution in [0.4, 0.5) is 5.69 Å². The zero-order valence-corrected chi connectivity index (χ0v) is 15.2. The Labute approximate surface area is 152 Å². The van der Waals surface area contributed by atoms with Gasteiger partial charge in [-0.05, 0) is 68.1 Å². The van der Waals surface area contributed by atoms with Crippen LogP contribution >= 0.6 is 23.2 Å². The normalized spacial score (nSPS) is 21.0. The number of hydrogen-bond donors (Lipinski definition) is 0. The Morgan fingerprint density at radius 3 is 2.21 bits per heavy atom. The highest BCUT2D eigenvalue weighted by molar-refractivity contribution is 6.35. The number of rotatable bonds is 3. The second-order valence-corrected chi connectivity index (χ2v) is 8.12. The van der Waals surface area contributed by atoms with Gasteiger partial charge in [0.05, 0.1) is 0 Å². The first-order chi connectivity index (χ1) is 11.5. The standard InChI is InChI=1S/C18H22Cl2N2O2/c19-14-10-15(20)12-16(11-14)22-7-5-18(6-8-22)3-1-13(2-4-18)9-17(23)21-24/h10-13H,1-9H2. The number of hydrogen-bond acceptors (Lipinski definition) is 3. The third-order valence-corrected chi connectivity index (χ3v) is 6.20. The molecule has 0 unspecified atom stereocenters. The van der Waals surface area contributed by atoms with E-state index in [9.17, 15) is 9.70 Å². The molecule has 1 saturated carbocycles. The van der Waals surface area contributed by atoms with Crippen LogP contribution in [0.15, 0.2) is 23.4 Å². The van der Waals surface area contributed by atoms with Crippen molar-refractivity contribution in [3.8, 4) is 0 Å². The third kappa shape index (κ3) is 4.09. The molecule has 24 heavy (non-hydrogen) atoms. The van der Waals surface area contributed by atoms with E-state index < -0.39 is 5.91 Å². The summed E-state index contributed by atoms with van der Waals surface area (Å²) in [6.07, 6.45) is 7.00. The number of carbonyl (C=O) groups excluding carboxylic acids is 1. The van der Waals surface area contributed by atoms with E-state index in [0.717, 1.165) is 57.3 Å². The Morgan fingerprint density at radius 2 is 1.67 bits per heavy atom. The Kier molecular flexibility index (Phi) is 5.46. The first-order valence-electron chi connectivity index (χ1n) is 8.57. The highest BCUT2D eigenvalue weighted by atomic mass is 35.5. The van der Waals surface area contributed by atoms with Gasteiger partial charge in [-0.2, -0.15) is 0 Å². The Bertz CT molecular complexity index is 597. The number of amides is 1. The molecule has 4 nitrogen and oxygen atoms in total. The van der Waals surface area contributed by atoms with Gasteiger partial charge in [-0.1, -0.05) is 23.2 Å². The fraction of sp³-hybridized carbons (Fsp3) is 0.611. The first kappa shape index (κ1) is 17.7. The van der Waals surface area contributed by atoms with Crippen LogP contribution in [0.2, 0.25) is 10.0 Å². The predicted octanol–water partition coefficient (Wildman–Crippen LogP) is 5.45. The molecule has 1 amide bonds. The molecule has 2 fully saturated rings. The second kappa shape index (κ2) is 7.40. The molecule has 130 valence electrons. The van der Waals surface area contributed by atoms with Crippen molar-refractivity contribution in [1.29, 1.82) is 0 Å². The fourth-order valence-corrected chi connectivity index (χ4v) is 4.75. The highest BCUT2D eigenvalue weighted by Gasteiger charge is 2.38. The molecule has 0 atom stereocenters. The van der Waals surface area contributed by atoms with Gasteiger partial charge in [-0.15, -0.1) is 4.91 Å². The molecular formula is C18H22Cl2N2O2. The zero-order valence-electron chi connectivity index (χ0n) is 13.6. The summed E-state index contributed by atoms with van der Waals surface area (Å²) in [4.78, 5) is 23.8. The van der Waals surface area contributed by atoms with E-state index in [2.05, 4.69) is 10.1 Å². The van der Waals surface area contributed by atoms with Crippen LogP contribution in [0.5, 0.6) is 0 Å². The summed E-state index contributed by atoms with van der Waals surface area (Å²) < 4.78 is 0. The lowest BCUT2D eigenvalue weighted by Crippen LogP contribution is -2.42. The summed E-state index contributed by atoms with van der Waals surface area (Å²) in [6.45, 7) is 2.02. The van der Waals surface area contributed by atoms with Crippen molar-refractivity contribution in [2.45, 2.75) is 44.9 Å². The van der Waals surface area contributed by atoms with Crippen LogP contribution in [0.25, 0.3) is 0 Å². The quantitative estimate of drug-likeness (QED) is 0.666. The molecule has 6 heteroatoms. The van der Waals surface area contributed by atoms with Crippen LogP contribution in [-0.4, -0.2) is 19.0 Å². The minimum absolute atomic E-state index is 0.326. The topological polar surface area (TPSA) is 49.7 Å². The van der Waals surface area contributed by atoms with Crippen molar-refractivity contribution in [2.75, 3.05) is 18.0 Å². The number of halogens is 2. The Morgan fingerprint density at radius 1 is 1.08 bits per heavy atom. The van der Waals surface area contributed by atoms with Crippen molar-refractivity contribution in [3.05, 3.63) is 33.2 Å². The molecule has 0 bridgehead atoms. The van der Waals surface area contributed by atoms with Crippen LogP contribution in [-0.2, 0) is 4.79 Å². The molecule has 0 radical (unpaired) electrons. The highest BCUT2D eigenvalue weighted by Crippen LogP contribution is 2.47. The molecule has 1 aromatic carbocycles. The van der Waals surface area contributed by atoms with Gasteiger partial charge in [0.1, 0.15) is 0 Å². The van der Waals surface area contributed by atoms with E-state index in [0.29, 0.717) is 27.8 Å².